The van der Waals surface area contributed by atoms with E-state index >= 15 is 0 Å². The minimum Gasteiger partial charge on any atom is -0.490 e. The van der Waals surface area contributed by atoms with Crippen molar-refractivity contribution in [3.8, 4) is 11.5 Å². The molecule has 0 bridgehead atoms. The second-order valence-electron chi connectivity index (χ2n) is 7.01. The van der Waals surface area contributed by atoms with Crippen molar-refractivity contribution in [2.75, 3.05) is 26.3 Å². The van der Waals surface area contributed by atoms with Gasteiger partial charge in [-0.25, -0.2) is 4.39 Å². The van der Waals surface area contributed by atoms with E-state index in [0.29, 0.717) is 43.5 Å². The van der Waals surface area contributed by atoms with E-state index < -0.39 is 0 Å². The van der Waals surface area contributed by atoms with Gasteiger partial charge >= 0.3 is 0 Å². The third-order valence-electron chi connectivity index (χ3n) is 4.72. The number of carbonyl (C=O) groups is 1. The van der Waals surface area contributed by atoms with Crippen molar-refractivity contribution in [3.63, 3.8) is 0 Å². The van der Waals surface area contributed by atoms with E-state index in [0.717, 1.165) is 24.8 Å². The van der Waals surface area contributed by atoms with Crippen LogP contribution in [0.25, 0.3) is 0 Å². The largest absolute Gasteiger partial charge is 0.490 e. The summed E-state index contributed by atoms with van der Waals surface area (Å²) in [5.41, 5.74) is 1.22. The van der Waals surface area contributed by atoms with Crippen molar-refractivity contribution >= 4 is 5.91 Å². The number of fused-ring (bicyclic) bond motifs is 1. The summed E-state index contributed by atoms with van der Waals surface area (Å²) in [6, 6.07) is 8.69. The maximum atomic E-state index is 14.2. The van der Waals surface area contributed by atoms with Gasteiger partial charge in [0, 0.05) is 31.4 Å². The van der Waals surface area contributed by atoms with Crippen LogP contribution in [0.4, 0.5) is 4.39 Å². The van der Waals surface area contributed by atoms with E-state index in [-0.39, 0.29) is 24.8 Å². The molecule has 0 fully saturated rings. The maximum absolute atomic E-state index is 14.2. The summed E-state index contributed by atoms with van der Waals surface area (Å²) >= 11 is 0. The molecule has 1 aromatic heterocycles. The molecule has 3 rings (SSSR count). The molecule has 0 atom stereocenters. The first-order chi connectivity index (χ1) is 14.2. The van der Waals surface area contributed by atoms with E-state index in [1.165, 1.54) is 6.07 Å². The quantitative estimate of drug-likeness (QED) is 0.852. The molecule has 0 saturated carbocycles. The minimum absolute atomic E-state index is 0.0796. The number of aromatic nitrogens is 1. The Kier molecular flexibility index (Phi) is 7.81. The topological polar surface area (TPSA) is 63.7 Å². The molecule has 156 valence electrons. The number of benzene rings is 1. The van der Waals surface area contributed by atoms with Crippen molar-refractivity contribution in [2.45, 2.75) is 39.3 Å². The lowest BCUT2D eigenvalue weighted by atomic mass is 10.1. The second-order valence-corrected chi connectivity index (χ2v) is 7.01. The highest BCUT2D eigenvalue weighted by molar-refractivity contribution is 5.78. The van der Waals surface area contributed by atoms with Crippen LogP contribution in [-0.4, -0.2) is 42.1 Å². The van der Waals surface area contributed by atoms with E-state index in [1.54, 1.807) is 12.3 Å². The fraction of sp³-hybridized carbons (Fsp3) is 0.455. The number of nitrogens with zero attached hydrogens (tertiary/aromatic N) is 2. The van der Waals surface area contributed by atoms with Crippen LogP contribution < -0.4 is 14.8 Å². The van der Waals surface area contributed by atoms with Crippen molar-refractivity contribution in [3.05, 3.63) is 53.6 Å². The van der Waals surface area contributed by atoms with Crippen molar-refractivity contribution in [2.24, 2.45) is 0 Å². The molecule has 0 saturated heterocycles. The number of ether oxygens (including phenoxy) is 2. The molecule has 2 heterocycles. The Morgan fingerprint density at radius 3 is 2.93 bits per heavy atom. The van der Waals surface area contributed by atoms with Crippen LogP contribution >= 0.6 is 0 Å². The van der Waals surface area contributed by atoms with Crippen molar-refractivity contribution in [1.82, 2.24) is 15.2 Å². The van der Waals surface area contributed by atoms with Crippen LogP contribution in [0.1, 0.15) is 37.4 Å². The van der Waals surface area contributed by atoms with Crippen LogP contribution in [0.3, 0.4) is 0 Å². The summed E-state index contributed by atoms with van der Waals surface area (Å²) < 4.78 is 26.0. The monoisotopic (exact) mass is 401 g/mol. The van der Waals surface area contributed by atoms with E-state index in [2.05, 4.69) is 10.3 Å². The molecule has 0 spiro atoms. The van der Waals surface area contributed by atoms with Gasteiger partial charge in [-0.15, -0.1) is 0 Å². The van der Waals surface area contributed by atoms with Crippen LogP contribution in [0.15, 0.2) is 36.5 Å². The first-order valence-corrected chi connectivity index (χ1v) is 10.1. The molecule has 29 heavy (non-hydrogen) atoms. The third kappa shape index (κ3) is 6.15. The lowest BCUT2D eigenvalue weighted by molar-refractivity contribution is -0.122. The SMILES string of the molecule is CCOc1cccc2c1OCCCCCNC(=O)CN(Cc1ncccc1F)C2. The minimum atomic E-state index is -0.379. The van der Waals surface area contributed by atoms with E-state index in [9.17, 15) is 9.18 Å². The number of hydrogen-bond acceptors (Lipinski definition) is 5. The third-order valence-corrected chi connectivity index (χ3v) is 4.72. The van der Waals surface area contributed by atoms with Gasteiger partial charge in [-0.05, 0) is 44.4 Å². The molecule has 1 amide bonds. The van der Waals surface area contributed by atoms with Crippen LogP contribution in [0.2, 0.25) is 0 Å². The second kappa shape index (κ2) is 10.8. The number of amides is 1. The number of hydrogen-bond donors (Lipinski definition) is 1. The number of rotatable bonds is 4. The highest BCUT2D eigenvalue weighted by atomic mass is 19.1. The molecule has 0 radical (unpaired) electrons. The Labute approximate surface area is 171 Å². The Morgan fingerprint density at radius 2 is 2.10 bits per heavy atom. The van der Waals surface area contributed by atoms with Gasteiger partial charge in [0.05, 0.1) is 25.5 Å². The first-order valence-electron chi connectivity index (χ1n) is 10.1. The zero-order valence-electron chi connectivity index (χ0n) is 16.8. The number of halogens is 1. The van der Waals surface area contributed by atoms with Gasteiger partial charge in [0.2, 0.25) is 5.91 Å². The molecule has 1 aliphatic heterocycles. The first kappa shape index (κ1) is 21.0. The van der Waals surface area contributed by atoms with Gasteiger partial charge in [-0.1, -0.05) is 12.1 Å². The predicted molar refractivity (Wildman–Crippen MR) is 108 cm³/mol. The fourth-order valence-electron chi connectivity index (χ4n) is 3.34. The average molecular weight is 401 g/mol. The Bertz CT molecular complexity index is 816. The van der Waals surface area contributed by atoms with Crippen molar-refractivity contribution < 1.29 is 18.7 Å². The summed E-state index contributed by atoms with van der Waals surface area (Å²) in [6.07, 6.45) is 4.32. The van der Waals surface area contributed by atoms with Crippen LogP contribution in [-0.2, 0) is 17.9 Å². The van der Waals surface area contributed by atoms with Gasteiger partial charge in [0.25, 0.3) is 0 Å². The number of carbonyl (C=O) groups excluding carboxylic acids is 1. The smallest absolute Gasteiger partial charge is 0.234 e. The molecule has 1 aromatic carbocycles. The predicted octanol–water partition coefficient (Wildman–Crippen LogP) is 3.30. The van der Waals surface area contributed by atoms with Gasteiger partial charge < -0.3 is 14.8 Å². The molecule has 2 aromatic rings. The summed E-state index contributed by atoms with van der Waals surface area (Å²) in [5.74, 6) is 0.924. The van der Waals surface area contributed by atoms with Crippen LogP contribution in [0.5, 0.6) is 11.5 Å². The van der Waals surface area contributed by atoms with Gasteiger partial charge in [0.1, 0.15) is 5.82 Å². The van der Waals surface area contributed by atoms with E-state index in [1.807, 2.05) is 30.0 Å². The maximum Gasteiger partial charge on any atom is 0.234 e. The molecule has 0 unspecified atom stereocenters. The Balaban J connectivity index is 1.90. The zero-order chi connectivity index (χ0) is 20.5. The van der Waals surface area contributed by atoms with E-state index in [4.69, 9.17) is 9.47 Å². The average Bonchev–Trinajstić information content (AvgIpc) is 2.71. The Morgan fingerprint density at radius 1 is 1.21 bits per heavy atom. The number of pyridine rings is 1. The highest BCUT2D eigenvalue weighted by Gasteiger charge is 2.19. The summed E-state index contributed by atoms with van der Waals surface area (Å²) in [5, 5.41) is 2.95. The molecule has 0 aliphatic carbocycles. The normalized spacial score (nSPS) is 16.4. The zero-order valence-corrected chi connectivity index (χ0v) is 16.8. The lowest BCUT2D eigenvalue weighted by Gasteiger charge is -2.23. The molecular formula is C22H28FN3O3. The molecule has 7 heteroatoms. The standard InChI is InChI=1S/C22H28FN3O3/c1-2-28-20-10-6-8-17-14-26(15-19-18(23)9-7-12-24-19)16-21(27)25-11-4-3-5-13-29-22(17)20/h6-10,12H,2-5,11,13-16H2,1H3,(H,25,27). The van der Waals surface area contributed by atoms with Gasteiger partial charge in [-0.2, -0.15) is 0 Å². The fourth-order valence-corrected chi connectivity index (χ4v) is 3.34. The number of para-hydroxylation sites is 1. The highest BCUT2D eigenvalue weighted by Crippen LogP contribution is 2.33. The molecule has 1 N–H and O–H groups in total. The molecule has 6 nitrogen and oxygen atoms in total. The number of nitrogens with one attached hydrogen (secondary N) is 1. The lowest BCUT2D eigenvalue weighted by Crippen LogP contribution is -2.37. The Hall–Kier alpha value is -2.67. The van der Waals surface area contributed by atoms with Crippen molar-refractivity contribution in [1.29, 1.82) is 0 Å². The van der Waals surface area contributed by atoms with Gasteiger partial charge in [-0.3, -0.25) is 14.7 Å². The molecular weight excluding hydrogens is 373 g/mol. The van der Waals surface area contributed by atoms with Gasteiger partial charge in [0.15, 0.2) is 11.5 Å². The summed E-state index contributed by atoms with van der Waals surface area (Å²) in [6.45, 7) is 4.46. The summed E-state index contributed by atoms with van der Waals surface area (Å²) in [4.78, 5) is 18.4. The summed E-state index contributed by atoms with van der Waals surface area (Å²) in [7, 11) is 0. The van der Waals surface area contributed by atoms with Crippen LogP contribution in [0, 0.1) is 5.82 Å². The molecule has 1 aliphatic rings.